The number of piperazine rings is 1. The first kappa shape index (κ1) is 19.3. The average Bonchev–Trinajstić information content (AvgIpc) is 2.94. The second-order valence-corrected chi connectivity index (χ2v) is 8.17. The molecule has 1 aromatic rings. The monoisotopic (exact) mass is 357 g/mol. The molecule has 0 bridgehead atoms. The molecule has 2 fully saturated rings. The molecule has 0 spiro atoms. The molecule has 0 aromatic heterocycles. The fraction of sp³-hybridized carbons (Fsp3) is 0.619. The maximum atomic E-state index is 10.5. The molecule has 5 heteroatoms. The lowest BCUT2D eigenvalue weighted by atomic mass is 10.1. The van der Waals surface area contributed by atoms with E-state index in [1.54, 1.807) is 13.8 Å². The summed E-state index contributed by atoms with van der Waals surface area (Å²) in [6, 6.07) is 8.42. The minimum Gasteiger partial charge on any atom is -0.390 e. The third-order valence-electron chi connectivity index (χ3n) is 5.21. The van der Waals surface area contributed by atoms with Crippen LogP contribution in [0.5, 0.6) is 0 Å². The third-order valence-corrected chi connectivity index (χ3v) is 5.21. The Balaban J connectivity index is 1.55. The topological polar surface area (TPSA) is 50.2 Å². The van der Waals surface area contributed by atoms with Crippen LogP contribution < -0.4 is 0 Å². The number of likely N-dealkylation sites (tertiary alicyclic amines) is 1. The van der Waals surface area contributed by atoms with Gasteiger partial charge >= 0.3 is 0 Å². The van der Waals surface area contributed by atoms with Crippen molar-refractivity contribution in [2.45, 2.75) is 38.1 Å². The first-order valence-electron chi connectivity index (χ1n) is 9.48. The van der Waals surface area contributed by atoms with E-state index < -0.39 is 5.60 Å². The molecule has 0 saturated carbocycles. The summed E-state index contributed by atoms with van der Waals surface area (Å²) >= 11 is 0. The van der Waals surface area contributed by atoms with Crippen LogP contribution in [0.1, 0.15) is 25.0 Å². The molecule has 2 saturated heterocycles. The number of β-amino-alcohol motifs (C(OH)–C–C–N with tert-alkyl or cyclic N) is 1. The number of nitrogens with zero attached hydrogens (tertiary/aromatic N) is 3. The van der Waals surface area contributed by atoms with Gasteiger partial charge in [-0.3, -0.25) is 9.80 Å². The molecule has 0 amide bonds. The molecule has 0 radical (unpaired) electrons. The average molecular weight is 357 g/mol. The minimum absolute atomic E-state index is 0.251. The first-order valence-corrected chi connectivity index (χ1v) is 9.48. The fourth-order valence-corrected chi connectivity index (χ4v) is 3.67. The van der Waals surface area contributed by atoms with Gasteiger partial charge in [0.1, 0.15) is 5.60 Å². The van der Waals surface area contributed by atoms with E-state index in [1.807, 2.05) is 12.1 Å². The van der Waals surface area contributed by atoms with Gasteiger partial charge in [0.15, 0.2) is 0 Å². The number of hydrogen-bond donors (Lipinski definition) is 2. The lowest BCUT2D eigenvalue weighted by Crippen LogP contribution is -2.52. The van der Waals surface area contributed by atoms with E-state index in [4.69, 9.17) is 0 Å². The van der Waals surface area contributed by atoms with Gasteiger partial charge in [0, 0.05) is 57.4 Å². The number of aliphatic hydroxyl groups is 2. The molecule has 142 valence electrons. The Hall–Kier alpha value is -1.42. The van der Waals surface area contributed by atoms with Gasteiger partial charge in [-0.25, -0.2) is 0 Å². The van der Waals surface area contributed by atoms with Crippen LogP contribution >= 0.6 is 0 Å². The molecular weight excluding hydrogens is 326 g/mol. The smallest absolute Gasteiger partial charge is 0.120 e. The van der Waals surface area contributed by atoms with E-state index in [-0.39, 0.29) is 12.1 Å². The summed E-state index contributed by atoms with van der Waals surface area (Å²) in [4.78, 5) is 7.13. The SMILES string of the molecule is CN1CCN([C@H]2CN(Cc3ccc(C#CC(C)(C)O)cc3)C[C@@H]2O)CC1. The van der Waals surface area contributed by atoms with Gasteiger partial charge in [-0.1, -0.05) is 24.0 Å². The number of benzene rings is 1. The van der Waals surface area contributed by atoms with Gasteiger partial charge in [0.2, 0.25) is 0 Å². The molecule has 0 aliphatic carbocycles. The van der Waals surface area contributed by atoms with Crippen LogP contribution in [0.2, 0.25) is 0 Å². The van der Waals surface area contributed by atoms with E-state index in [0.717, 1.165) is 51.4 Å². The van der Waals surface area contributed by atoms with Crippen LogP contribution in [0, 0.1) is 11.8 Å². The Morgan fingerprint density at radius 1 is 1.08 bits per heavy atom. The van der Waals surface area contributed by atoms with Gasteiger partial charge in [0.25, 0.3) is 0 Å². The van der Waals surface area contributed by atoms with Crippen molar-refractivity contribution in [2.75, 3.05) is 46.3 Å². The molecule has 2 heterocycles. The van der Waals surface area contributed by atoms with Crippen molar-refractivity contribution in [3.8, 4) is 11.8 Å². The Morgan fingerprint density at radius 2 is 1.73 bits per heavy atom. The van der Waals surface area contributed by atoms with Crippen molar-refractivity contribution >= 4 is 0 Å². The molecule has 2 aliphatic rings. The van der Waals surface area contributed by atoms with E-state index in [0.29, 0.717) is 0 Å². The van der Waals surface area contributed by atoms with Crippen LogP contribution in [-0.2, 0) is 6.54 Å². The van der Waals surface area contributed by atoms with Crippen LogP contribution in [0.3, 0.4) is 0 Å². The Morgan fingerprint density at radius 3 is 2.35 bits per heavy atom. The molecular formula is C21H31N3O2. The van der Waals surface area contributed by atoms with Crippen molar-refractivity contribution in [2.24, 2.45) is 0 Å². The largest absolute Gasteiger partial charge is 0.390 e. The van der Waals surface area contributed by atoms with Gasteiger partial charge < -0.3 is 15.1 Å². The summed E-state index contributed by atoms with van der Waals surface area (Å²) in [6.45, 7) is 10.1. The number of rotatable bonds is 3. The zero-order valence-electron chi connectivity index (χ0n) is 16.1. The summed E-state index contributed by atoms with van der Waals surface area (Å²) in [6.07, 6.45) is -0.268. The summed E-state index contributed by atoms with van der Waals surface area (Å²) in [5.41, 5.74) is 1.17. The molecule has 0 unspecified atom stereocenters. The molecule has 3 rings (SSSR count). The van der Waals surface area contributed by atoms with Crippen molar-refractivity contribution in [1.82, 2.24) is 14.7 Å². The summed E-state index contributed by atoms with van der Waals surface area (Å²) in [7, 11) is 2.16. The van der Waals surface area contributed by atoms with E-state index in [2.05, 4.69) is 45.7 Å². The third kappa shape index (κ3) is 5.29. The van der Waals surface area contributed by atoms with Gasteiger partial charge in [-0.2, -0.15) is 0 Å². The van der Waals surface area contributed by atoms with Crippen molar-refractivity contribution in [3.05, 3.63) is 35.4 Å². The fourth-order valence-electron chi connectivity index (χ4n) is 3.67. The van der Waals surface area contributed by atoms with E-state index in [1.165, 1.54) is 5.56 Å². The zero-order chi connectivity index (χ0) is 18.7. The Kier molecular flexibility index (Phi) is 6.01. The zero-order valence-corrected chi connectivity index (χ0v) is 16.1. The second-order valence-electron chi connectivity index (χ2n) is 8.17. The summed E-state index contributed by atoms with van der Waals surface area (Å²) in [5.74, 6) is 5.84. The highest BCUT2D eigenvalue weighted by Gasteiger charge is 2.36. The van der Waals surface area contributed by atoms with Crippen molar-refractivity contribution < 1.29 is 10.2 Å². The lowest BCUT2D eigenvalue weighted by molar-refractivity contribution is 0.0512. The standard InChI is InChI=1S/C21H31N3O2/c1-21(2,26)9-8-17-4-6-18(7-5-17)14-23-15-19(20(25)16-23)24-12-10-22(3)11-13-24/h4-7,19-20,25-26H,10-16H2,1-3H3/t19-,20-/m0/s1. The number of aliphatic hydroxyl groups excluding tert-OH is 1. The van der Waals surface area contributed by atoms with Crippen LogP contribution in [0.15, 0.2) is 24.3 Å². The predicted molar refractivity (Wildman–Crippen MR) is 104 cm³/mol. The number of hydrogen-bond acceptors (Lipinski definition) is 5. The maximum absolute atomic E-state index is 10.5. The molecule has 2 aliphatic heterocycles. The van der Waals surface area contributed by atoms with Crippen molar-refractivity contribution in [1.29, 1.82) is 0 Å². The summed E-state index contributed by atoms with van der Waals surface area (Å²) < 4.78 is 0. The minimum atomic E-state index is -0.970. The van der Waals surface area contributed by atoms with E-state index >= 15 is 0 Å². The molecule has 1 aromatic carbocycles. The maximum Gasteiger partial charge on any atom is 0.120 e. The first-order chi connectivity index (χ1) is 12.3. The normalized spacial score (nSPS) is 25.9. The summed E-state index contributed by atoms with van der Waals surface area (Å²) in [5, 5.41) is 20.2. The highest BCUT2D eigenvalue weighted by Crippen LogP contribution is 2.20. The van der Waals surface area contributed by atoms with Crippen LogP contribution in [0.25, 0.3) is 0 Å². The number of likely N-dealkylation sites (N-methyl/N-ethyl adjacent to an activating group) is 1. The quantitative estimate of drug-likeness (QED) is 0.776. The van der Waals surface area contributed by atoms with E-state index in [9.17, 15) is 10.2 Å². The molecule has 26 heavy (non-hydrogen) atoms. The highest BCUT2D eigenvalue weighted by molar-refractivity contribution is 5.37. The molecule has 5 nitrogen and oxygen atoms in total. The lowest BCUT2D eigenvalue weighted by Gasteiger charge is -2.37. The van der Waals surface area contributed by atoms with Crippen molar-refractivity contribution in [3.63, 3.8) is 0 Å². The van der Waals surface area contributed by atoms with Gasteiger partial charge in [-0.05, 0) is 38.6 Å². The van der Waals surface area contributed by atoms with Gasteiger partial charge in [-0.15, -0.1) is 0 Å². The predicted octanol–water partition coefficient (Wildman–Crippen LogP) is 0.602. The Bertz CT molecular complexity index is 649. The van der Waals surface area contributed by atoms with Gasteiger partial charge in [0.05, 0.1) is 6.10 Å². The molecule has 2 atom stereocenters. The van der Waals surface area contributed by atoms with Crippen LogP contribution in [0.4, 0.5) is 0 Å². The molecule has 2 N–H and O–H groups in total. The highest BCUT2D eigenvalue weighted by atomic mass is 16.3. The Labute approximate surface area is 157 Å². The second kappa shape index (κ2) is 8.08. The van der Waals surface area contributed by atoms with Crippen LogP contribution in [-0.4, -0.2) is 89.0 Å².